The van der Waals surface area contributed by atoms with Gasteiger partial charge in [0.05, 0.1) is 6.04 Å². The molecule has 0 radical (unpaired) electrons. The van der Waals surface area contributed by atoms with Crippen LogP contribution in [-0.2, 0) is 32.0 Å². The minimum Gasteiger partial charge on any atom is -0.480 e. The Morgan fingerprint density at radius 1 is 0.821 bits per heavy atom. The highest BCUT2D eigenvalue weighted by atomic mass is 16.4. The number of amides is 3. The molecule has 1 aromatic heterocycles. The molecule has 3 rings (SSSR count). The predicted molar refractivity (Wildman–Crippen MR) is 149 cm³/mol. The Bertz CT molecular complexity index is 1290. The summed E-state index contributed by atoms with van der Waals surface area (Å²) in [6.07, 6.45) is 2.56. The zero-order chi connectivity index (χ0) is 28.5. The molecule has 4 atom stereocenters. The molecule has 208 valence electrons. The van der Waals surface area contributed by atoms with E-state index < -0.39 is 47.9 Å². The van der Waals surface area contributed by atoms with Gasteiger partial charge in [-0.1, -0.05) is 62.4 Å². The Hall–Kier alpha value is -4.18. The van der Waals surface area contributed by atoms with Gasteiger partial charge >= 0.3 is 5.97 Å². The number of aromatic amines is 1. The second kappa shape index (κ2) is 13.6. The molecule has 2 aromatic carbocycles. The van der Waals surface area contributed by atoms with Crippen molar-refractivity contribution in [3.05, 3.63) is 71.9 Å². The van der Waals surface area contributed by atoms with E-state index in [0.717, 1.165) is 22.0 Å². The van der Waals surface area contributed by atoms with Gasteiger partial charge in [0.1, 0.15) is 18.1 Å². The third-order valence-electron chi connectivity index (χ3n) is 6.44. The van der Waals surface area contributed by atoms with Crippen molar-refractivity contribution in [2.24, 2.45) is 11.7 Å². The van der Waals surface area contributed by atoms with Crippen LogP contribution in [0.4, 0.5) is 0 Å². The number of nitrogens with two attached hydrogens (primary N) is 1. The molecule has 7 N–H and O–H groups in total. The fourth-order valence-corrected chi connectivity index (χ4v) is 4.32. The number of rotatable bonds is 13. The van der Waals surface area contributed by atoms with Crippen LogP contribution in [-0.4, -0.2) is 57.9 Å². The molecule has 0 saturated heterocycles. The zero-order valence-electron chi connectivity index (χ0n) is 22.4. The quantitative estimate of drug-likeness (QED) is 0.195. The standard InChI is InChI=1S/C29H37N5O5/c1-17(2)13-24(33-26(35)22(30)15-20-16-31-23-12-8-7-11-21(20)23)28(37)34-25(14-19-9-5-4-6-10-19)27(36)32-18(3)29(38)39/h4-12,16-18,22,24-25,31H,13-15,30H2,1-3H3,(H,32,36)(H,33,35)(H,34,37)(H,38,39). The first-order valence-corrected chi connectivity index (χ1v) is 13.0. The lowest BCUT2D eigenvalue weighted by Gasteiger charge is -2.26. The summed E-state index contributed by atoms with van der Waals surface area (Å²) in [6, 6.07) is 12.8. The van der Waals surface area contributed by atoms with Crippen molar-refractivity contribution in [1.29, 1.82) is 0 Å². The second-order valence-electron chi connectivity index (χ2n) is 10.2. The molecule has 10 nitrogen and oxygen atoms in total. The number of hydrogen-bond acceptors (Lipinski definition) is 5. The molecular weight excluding hydrogens is 498 g/mol. The van der Waals surface area contributed by atoms with Gasteiger partial charge in [-0.3, -0.25) is 19.2 Å². The number of benzene rings is 2. The van der Waals surface area contributed by atoms with Crippen molar-refractivity contribution in [3.63, 3.8) is 0 Å². The Kier molecular flexibility index (Phi) is 10.2. The van der Waals surface area contributed by atoms with Gasteiger partial charge < -0.3 is 31.8 Å². The Labute approximate surface area is 227 Å². The van der Waals surface area contributed by atoms with Crippen molar-refractivity contribution >= 4 is 34.6 Å². The van der Waals surface area contributed by atoms with Crippen molar-refractivity contribution in [2.75, 3.05) is 0 Å². The number of carboxylic acids is 1. The van der Waals surface area contributed by atoms with Crippen LogP contribution in [0.2, 0.25) is 0 Å². The highest BCUT2D eigenvalue weighted by Crippen LogP contribution is 2.19. The van der Waals surface area contributed by atoms with Crippen molar-refractivity contribution in [1.82, 2.24) is 20.9 Å². The highest BCUT2D eigenvalue weighted by Gasteiger charge is 2.30. The van der Waals surface area contributed by atoms with E-state index in [4.69, 9.17) is 5.73 Å². The van der Waals surface area contributed by atoms with Crippen LogP contribution in [0.15, 0.2) is 60.8 Å². The molecule has 1 heterocycles. The smallest absolute Gasteiger partial charge is 0.325 e. The van der Waals surface area contributed by atoms with Crippen LogP contribution in [0.1, 0.15) is 38.3 Å². The number of fused-ring (bicyclic) bond motifs is 1. The number of carbonyl (C=O) groups is 4. The first-order chi connectivity index (χ1) is 18.5. The summed E-state index contributed by atoms with van der Waals surface area (Å²) in [5, 5.41) is 18.1. The predicted octanol–water partition coefficient (Wildman–Crippen LogP) is 1.89. The van der Waals surface area contributed by atoms with Crippen LogP contribution < -0.4 is 21.7 Å². The monoisotopic (exact) mass is 535 g/mol. The van der Waals surface area contributed by atoms with Crippen LogP contribution in [0.25, 0.3) is 10.9 Å². The normalized spacial score (nSPS) is 14.3. The number of para-hydroxylation sites is 1. The van der Waals surface area contributed by atoms with Crippen molar-refractivity contribution in [2.45, 2.75) is 64.2 Å². The van der Waals surface area contributed by atoms with E-state index in [0.29, 0.717) is 6.42 Å². The number of carboxylic acid groups (broad SMARTS) is 1. The van der Waals surface area contributed by atoms with Gasteiger partial charge in [-0.25, -0.2) is 0 Å². The van der Waals surface area contributed by atoms with Gasteiger partial charge in [-0.2, -0.15) is 0 Å². The number of H-pyrrole nitrogens is 1. The Balaban J connectivity index is 1.73. The molecule has 0 aliphatic rings. The lowest BCUT2D eigenvalue weighted by Crippen LogP contribution is -2.57. The minimum absolute atomic E-state index is 0.0549. The van der Waals surface area contributed by atoms with E-state index in [-0.39, 0.29) is 18.8 Å². The molecule has 0 spiro atoms. The van der Waals surface area contributed by atoms with E-state index in [1.807, 2.05) is 74.6 Å². The van der Waals surface area contributed by atoms with Gasteiger partial charge in [0.2, 0.25) is 17.7 Å². The first-order valence-electron chi connectivity index (χ1n) is 13.0. The summed E-state index contributed by atoms with van der Waals surface area (Å²) in [5.74, 6) is -2.80. The zero-order valence-corrected chi connectivity index (χ0v) is 22.4. The summed E-state index contributed by atoms with van der Waals surface area (Å²) in [7, 11) is 0. The van der Waals surface area contributed by atoms with E-state index in [1.54, 1.807) is 0 Å². The summed E-state index contributed by atoms with van der Waals surface area (Å²) in [6.45, 7) is 5.18. The molecule has 3 aromatic rings. The molecular formula is C29H37N5O5. The highest BCUT2D eigenvalue weighted by molar-refractivity contribution is 5.94. The number of aliphatic carboxylic acids is 1. The third kappa shape index (κ3) is 8.41. The summed E-state index contributed by atoms with van der Waals surface area (Å²) >= 11 is 0. The number of hydrogen-bond donors (Lipinski definition) is 6. The lowest BCUT2D eigenvalue weighted by atomic mass is 10.00. The molecule has 0 bridgehead atoms. The Morgan fingerprint density at radius 3 is 2.10 bits per heavy atom. The number of nitrogens with one attached hydrogen (secondary N) is 4. The van der Waals surface area contributed by atoms with Crippen LogP contribution >= 0.6 is 0 Å². The van der Waals surface area contributed by atoms with Crippen molar-refractivity contribution in [3.8, 4) is 0 Å². The first kappa shape index (κ1) is 29.4. The molecule has 0 aliphatic heterocycles. The van der Waals surface area contributed by atoms with Crippen LogP contribution in [0.3, 0.4) is 0 Å². The fraction of sp³-hybridized carbons (Fsp3) is 0.379. The Morgan fingerprint density at radius 2 is 1.44 bits per heavy atom. The topological polar surface area (TPSA) is 166 Å². The van der Waals surface area contributed by atoms with Gasteiger partial charge in [0.15, 0.2) is 0 Å². The average Bonchev–Trinajstić information content (AvgIpc) is 3.30. The minimum atomic E-state index is -1.19. The average molecular weight is 536 g/mol. The fourth-order valence-electron chi connectivity index (χ4n) is 4.32. The number of carbonyl (C=O) groups excluding carboxylic acids is 3. The van der Waals surface area contributed by atoms with Gasteiger partial charge in [-0.15, -0.1) is 0 Å². The van der Waals surface area contributed by atoms with E-state index in [2.05, 4.69) is 20.9 Å². The van der Waals surface area contributed by atoms with Gasteiger partial charge in [0, 0.05) is 23.5 Å². The molecule has 0 fully saturated rings. The van der Waals surface area contributed by atoms with E-state index >= 15 is 0 Å². The summed E-state index contributed by atoms with van der Waals surface area (Å²) < 4.78 is 0. The van der Waals surface area contributed by atoms with Crippen molar-refractivity contribution < 1.29 is 24.3 Å². The molecule has 10 heteroatoms. The maximum atomic E-state index is 13.4. The molecule has 0 aliphatic carbocycles. The van der Waals surface area contributed by atoms with Crippen LogP contribution in [0, 0.1) is 5.92 Å². The maximum Gasteiger partial charge on any atom is 0.325 e. The number of aromatic nitrogens is 1. The van der Waals surface area contributed by atoms with Gasteiger partial charge in [0.25, 0.3) is 0 Å². The lowest BCUT2D eigenvalue weighted by molar-refractivity contribution is -0.141. The second-order valence-corrected chi connectivity index (χ2v) is 10.2. The van der Waals surface area contributed by atoms with E-state index in [1.165, 1.54) is 6.92 Å². The molecule has 0 saturated carbocycles. The largest absolute Gasteiger partial charge is 0.480 e. The van der Waals surface area contributed by atoms with Crippen LogP contribution in [0.5, 0.6) is 0 Å². The van der Waals surface area contributed by atoms with E-state index in [9.17, 15) is 24.3 Å². The molecule has 3 amide bonds. The molecule has 4 unspecified atom stereocenters. The summed E-state index contributed by atoms with van der Waals surface area (Å²) in [5.41, 5.74) is 8.86. The summed E-state index contributed by atoms with van der Waals surface area (Å²) in [4.78, 5) is 53.8. The molecule has 39 heavy (non-hydrogen) atoms. The van der Waals surface area contributed by atoms with Gasteiger partial charge in [-0.05, 0) is 42.9 Å². The SMILES string of the molecule is CC(C)CC(NC(=O)C(N)Cc1c[nH]c2ccccc12)C(=O)NC(Cc1ccccc1)C(=O)NC(C)C(=O)O. The third-order valence-corrected chi connectivity index (χ3v) is 6.44. The maximum absolute atomic E-state index is 13.4.